The Morgan fingerprint density at radius 1 is 1.31 bits per heavy atom. The van der Waals surface area contributed by atoms with Crippen LogP contribution in [0.3, 0.4) is 0 Å². The largest absolute Gasteiger partial charge is 0.355 e. The molecule has 1 amide bonds. The van der Waals surface area contributed by atoms with Crippen LogP contribution in [0, 0.1) is 12.8 Å². The second-order valence-electron chi connectivity index (χ2n) is 7.85. The number of hydrogen-bond donors (Lipinski definition) is 1. The maximum Gasteiger partial charge on any atom is 0.268 e. The van der Waals surface area contributed by atoms with Crippen molar-refractivity contribution >= 4 is 39.1 Å². The zero-order valence-corrected chi connectivity index (χ0v) is 19.5. The highest BCUT2D eigenvalue weighted by molar-refractivity contribution is 7.22. The zero-order valence-electron chi connectivity index (χ0n) is 17.9. The summed E-state index contributed by atoms with van der Waals surface area (Å²) in [6, 6.07) is 7.22. The lowest BCUT2D eigenvalue weighted by Crippen LogP contribution is -2.33. The van der Waals surface area contributed by atoms with Crippen LogP contribution in [-0.4, -0.2) is 32.1 Å². The van der Waals surface area contributed by atoms with E-state index in [2.05, 4.69) is 34.3 Å². The number of fused-ring (bicyclic) bond motifs is 1. The van der Waals surface area contributed by atoms with E-state index in [0.717, 1.165) is 6.42 Å². The molecule has 0 unspecified atom stereocenters. The summed E-state index contributed by atoms with van der Waals surface area (Å²) >= 11 is 7.52. The average Bonchev–Trinajstić information content (AvgIpc) is 3.35. The molecule has 0 aliphatic carbocycles. The molecular formula is C22H22ClN5O3S. The molecule has 0 atom stereocenters. The van der Waals surface area contributed by atoms with Crippen molar-refractivity contribution in [1.29, 1.82) is 0 Å². The number of aryl methyl sites for hydroxylation is 1. The van der Waals surface area contributed by atoms with Crippen LogP contribution >= 0.6 is 22.9 Å². The Hall–Kier alpha value is -3.04. The predicted molar refractivity (Wildman–Crippen MR) is 125 cm³/mol. The molecule has 3 aromatic heterocycles. The van der Waals surface area contributed by atoms with Crippen LogP contribution in [0.1, 0.15) is 25.8 Å². The highest BCUT2D eigenvalue weighted by atomic mass is 35.5. The molecule has 1 aromatic carbocycles. The number of benzene rings is 1. The maximum atomic E-state index is 13.0. The van der Waals surface area contributed by atoms with Gasteiger partial charge in [-0.3, -0.25) is 14.2 Å². The number of rotatable bonds is 7. The smallest absolute Gasteiger partial charge is 0.268 e. The highest BCUT2D eigenvalue weighted by Gasteiger charge is 2.21. The van der Waals surface area contributed by atoms with Crippen LogP contribution in [0.2, 0.25) is 5.02 Å². The summed E-state index contributed by atoms with van der Waals surface area (Å²) in [6.07, 6.45) is 2.28. The van der Waals surface area contributed by atoms with E-state index in [1.165, 1.54) is 22.2 Å². The lowest BCUT2D eigenvalue weighted by Gasteiger charge is -2.08. The molecule has 0 saturated carbocycles. The van der Waals surface area contributed by atoms with Gasteiger partial charge in [-0.15, -0.1) is 11.3 Å². The zero-order chi connectivity index (χ0) is 22.8. The molecule has 3 heterocycles. The van der Waals surface area contributed by atoms with Gasteiger partial charge in [-0.25, -0.2) is 4.98 Å². The van der Waals surface area contributed by atoms with Gasteiger partial charge in [-0.05, 0) is 37.0 Å². The van der Waals surface area contributed by atoms with Crippen LogP contribution in [0.15, 0.2) is 39.9 Å². The average molecular weight is 472 g/mol. The molecule has 4 aromatic rings. The van der Waals surface area contributed by atoms with E-state index in [-0.39, 0.29) is 23.9 Å². The fourth-order valence-electron chi connectivity index (χ4n) is 3.25. The monoisotopic (exact) mass is 471 g/mol. The third-order valence-electron chi connectivity index (χ3n) is 5.01. The Bertz CT molecular complexity index is 1340. The molecule has 0 fully saturated rings. The summed E-state index contributed by atoms with van der Waals surface area (Å²) in [7, 11) is 0. The van der Waals surface area contributed by atoms with Crippen LogP contribution in [-0.2, 0) is 11.3 Å². The van der Waals surface area contributed by atoms with Crippen molar-refractivity contribution in [3.63, 3.8) is 0 Å². The molecule has 0 saturated heterocycles. The van der Waals surface area contributed by atoms with Crippen molar-refractivity contribution in [3.05, 3.63) is 51.5 Å². The van der Waals surface area contributed by atoms with E-state index in [0.29, 0.717) is 49.5 Å². The van der Waals surface area contributed by atoms with Gasteiger partial charge in [-0.1, -0.05) is 42.7 Å². The van der Waals surface area contributed by atoms with Gasteiger partial charge in [0.15, 0.2) is 0 Å². The van der Waals surface area contributed by atoms with Crippen molar-refractivity contribution in [2.24, 2.45) is 5.92 Å². The van der Waals surface area contributed by atoms with E-state index < -0.39 is 0 Å². The summed E-state index contributed by atoms with van der Waals surface area (Å²) < 4.78 is 6.78. The first-order valence-electron chi connectivity index (χ1n) is 10.2. The summed E-state index contributed by atoms with van der Waals surface area (Å²) in [5.41, 5.74) is 1.07. The van der Waals surface area contributed by atoms with Gasteiger partial charge < -0.3 is 9.84 Å². The highest BCUT2D eigenvalue weighted by Crippen LogP contribution is 2.36. The first kappa shape index (κ1) is 22.2. The van der Waals surface area contributed by atoms with Gasteiger partial charge in [0.05, 0.1) is 21.6 Å². The number of aromatic nitrogens is 4. The summed E-state index contributed by atoms with van der Waals surface area (Å²) in [5, 5.41) is 7.84. The summed E-state index contributed by atoms with van der Waals surface area (Å²) in [5.74, 6) is 0.929. The topological polar surface area (TPSA) is 103 Å². The van der Waals surface area contributed by atoms with Crippen LogP contribution in [0.5, 0.6) is 0 Å². The van der Waals surface area contributed by atoms with Gasteiger partial charge in [-0.2, -0.15) is 4.98 Å². The summed E-state index contributed by atoms with van der Waals surface area (Å²) in [6.45, 7) is 6.48. The Morgan fingerprint density at radius 3 is 2.84 bits per heavy atom. The second-order valence-corrected chi connectivity index (χ2v) is 9.26. The first-order chi connectivity index (χ1) is 15.3. The van der Waals surface area contributed by atoms with Crippen LogP contribution < -0.4 is 10.9 Å². The third kappa shape index (κ3) is 4.44. The molecule has 0 bridgehead atoms. The maximum absolute atomic E-state index is 13.0. The van der Waals surface area contributed by atoms with Gasteiger partial charge in [0.1, 0.15) is 11.4 Å². The Kier molecular flexibility index (Phi) is 6.38. The molecule has 8 nitrogen and oxygen atoms in total. The van der Waals surface area contributed by atoms with E-state index in [1.807, 2.05) is 19.1 Å². The standard InChI is InChI=1S/C22H22ClN5O3S/c1-12(2)8-9-24-16(29)10-28-11-25-21-17(22(28)30)13(3)18(32-21)20-26-19(27-31-20)14-6-4-5-7-15(14)23/h4-7,11-12H,8-10H2,1-3H3,(H,24,29). The minimum absolute atomic E-state index is 0.0816. The Balaban J connectivity index is 1.63. The Labute approximate surface area is 193 Å². The summed E-state index contributed by atoms with van der Waals surface area (Å²) in [4.78, 5) is 35.3. The molecule has 32 heavy (non-hydrogen) atoms. The lowest BCUT2D eigenvalue weighted by atomic mass is 10.1. The number of carbonyl (C=O) groups is 1. The Morgan fingerprint density at radius 2 is 2.09 bits per heavy atom. The van der Waals surface area contributed by atoms with E-state index >= 15 is 0 Å². The van der Waals surface area contributed by atoms with E-state index in [9.17, 15) is 9.59 Å². The minimum atomic E-state index is -0.278. The molecule has 0 spiro atoms. The van der Waals surface area contributed by atoms with Crippen molar-refractivity contribution in [1.82, 2.24) is 25.0 Å². The first-order valence-corrected chi connectivity index (χ1v) is 11.4. The van der Waals surface area contributed by atoms with Gasteiger partial charge in [0.25, 0.3) is 11.4 Å². The van der Waals surface area contributed by atoms with E-state index in [1.54, 1.807) is 12.1 Å². The number of nitrogens with one attached hydrogen (secondary N) is 1. The number of thiophene rings is 1. The molecule has 10 heteroatoms. The molecule has 4 rings (SSSR count). The number of hydrogen-bond acceptors (Lipinski definition) is 7. The quantitative estimate of drug-likeness (QED) is 0.431. The SMILES string of the molecule is Cc1c(-c2nc(-c3ccccc3Cl)no2)sc2ncn(CC(=O)NCCC(C)C)c(=O)c12. The van der Waals surface area contributed by atoms with Gasteiger partial charge >= 0.3 is 0 Å². The molecular weight excluding hydrogens is 450 g/mol. The number of carbonyl (C=O) groups excluding carboxylic acids is 1. The second kappa shape index (κ2) is 9.22. The number of halogens is 1. The lowest BCUT2D eigenvalue weighted by molar-refractivity contribution is -0.121. The minimum Gasteiger partial charge on any atom is -0.355 e. The van der Waals surface area contributed by atoms with Crippen molar-refractivity contribution in [3.8, 4) is 22.2 Å². The van der Waals surface area contributed by atoms with Crippen LogP contribution in [0.25, 0.3) is 32.4 Å². The molecule has 166 valence electrons. The van der Waals surface area contributed by atoms with Gasteiger partial charge in [0.2, 0.25) is 11.7 Å². The normalized spacial score (nSPS) is 11.4. The fraction of sp³-hybridized carbons (Fsp3) is 0.318. The fourth-order valence-corrected chi connectivity index (χ4v) is 4.54. The van der Waals surface area contributed by atoms with Crippen molar-refractivity contribution < 1.29 is 9.32 Å². The predicted octanol–water partition coefficient (Wildman–Crippen LogP) is 4.30. The van der Waals surface area contributed by atoms with Crippen molar-refractivity contribution in [2.45, 2.75) is 33.7 Å². The van der Waals surface area contributed by atoms with Crippen LogP contribution in [0.4, 0.5) is 0 Å². The molecule has 0 aliphatic rings. The molecule has 1 N–H and O–H groups in total. The molecule has 0 radical (unpaired) electrons. The van der Waals surface area contributed by atoms with E-state index in [4.69, 9.17) is 16.1 Å². The van der Waals surface area contributed by atoms with Crippen molar-refractivity contribution in [2.75, 3.05) is 6.54 Å². The number of nitrogens with zero attached hydrogens (tertiary/aromatic N) is 4. The number of amides is 1. The molecule has 0 aliphatic heterocycles. The van der Waals surface area contributed by atoms with Gasteiger partial charge in [0, 0.05) is 12.1 Å². The third-order valence-corrected chi connectivity index (χ3v) is 6.53.